The van der Waals surface area contributed by atoms with Gasteiger partial charge in [0, 0.05) is 49.6 Å². The van der Waals surface area contributed by atoms with Crippen molar-refractivity contribution in [1.82, 2.24) is 20.9 Å². The third-order valence-corrected chi connectivity index (χ3v) is 6.01. The SMILES string of the molecule is CCNC(=NCC(C)N1CCc2sccc2C1)NCCNC(=O)C1CC1. The number of fused-ring (bicyclic) bond motifs is 1. The van der Waals surface area contributed by atoms with E-state index in [-0.39, 0.29) is 11.8 Å². The van der Waals surface area contributed by atoms with E-state index in [1.807, 2.05) is 11.3 Å². The number of aliphatic imine (C=N–C) groups is 1. The Morgan fingerprint density at radius 1 is 1.35 bits per heavy atom. The van der Waals surface area contributed by atoms with Crippen molar-refractivity contribution in [3.8, 4) is 0 Å². The van der Waals surface area contributed by atoms with Crippen LogP contribution in [0.1, 0.15) is 37.1 Å². The minimum Gasteiger partial charge on any atom is -0.357 e. The first-order valence-electron chi connectivity index (χ1n) is 9.76. The number of nitrogens with zero attached hydrogens (tertiary/aromatic N) is 2. The van der Waals surface area contributed by atoms with Gasteiger partial charge in [0.25, 0.3) is 0 Å². The van der Waals surface area contributed by atoms with E-state index < -0.39 is 0 Å². The summed E-state index contributed by atoms with van der Waals surface area (Å²) in [4.78, 5) is 20.4. The van der Waals surface area contributed by atoms with E-state index in [4.69, 9.17) is 4.99 Å². The first-order valence-corrected chi connectivity index (χ1v) is 10.6. The average Bonchev–Trinajstić information content (AvgIpc) is 3.40. The molecule has 0 spiro atoms. The van der Waals surface area contributed by atoms with Gasteiger partial charge < -0.3 is 16.0 Å². The molecule has 1 amide bonds. The maximum absolute atomic E-state index is 11.6. The van der Waals surface area contributed by atoms with Crippen molar-refractivity contribution < 1.29 is 4.79 Å². The molecular formula is C19H31N5OS. The molecule has 0 aromatic carbocycles. The fraction of sp³-hybridized carbons (Fsp3) is 0.684. The van der Waals surface area contributed by atoms with Crippen LogP contribution in [-0.2, 0) is 17.8 Å². The summed E-state index contributed by atoms with van der Waals surface area (Å²) in [5.41, 5.74) is 1.48. The molecule has 0 saturated heterocycles. The van der Waals surface area contributed by atoms with Crippen LogP contribution in [0, 0.1) is 5.92 Å². The number of hydrogen-bond donors (Lipinski definition) is 3. The molecule has 1 unspecified atom stereocenters. The van der Waals surface area contributed by atoms with Gasteiger partial charge in [0.2, 0.25) is 5.91 Å². The van der Waals surface area contributed by atoms with Gasteiger partial charge in [0.1, 0.15) is 0 Å². The lowest BCUT2D eigenvalue weighted by Gasteiger charge is -2.31. The molecule has 26 heavy (non-hydrogen) atoms. The summed E-state index contributed by atoms with van der Waals surface area (Å²) < 4.78 is 0. The Labute approximate surface area is 160 Å². The topological polar surface area (TPSA) is 68.8 Å². The molecule has 1 atom stereocenters. The Balaban J connectivity index is 1.41. The third-order valence-electron chi connectivity index (χ3n) is 4.98. The van der Waals surface area contributed by atoms with Crippen LogP contribution in [0.4, 0.5) is 0 Å². The molecule has 1 aliphatic heterocycles. The van der Waals surface area contributed by atoms with E-state index >= 15 is 0 Å². The Bertz CT molecular complexity index is 625. The van der Waals surface area contributed by atoms with Crippen molar-refractivity contribution in [2.24, 2.45) is 10.9 Å². The molecule has 3 rings (SSSR count). The first kappa shape index (κ1) is 19.2. The molecular weight excluding hydrogens is 346 g/mol. The zero-order valence-electron chi connectivity index (χ0n) is 15.9. The molecule has 3 N–H and O–H groups in total. The third kappa shape index (κ3) is 5.45. The molecule has 0 radical (unpaired) electrons. The highest BCUT2D eigenvalue weighted by atomic mass is 32.1. The molecule has 1 aromatic heterocycles. The number of amides is 1. The van der Waals surface area contributed by atoms with E-state index in [2.05, 4.69) is 46.1 Å². The van der Waals surface area contributed by atoms with Gasteiger partial charge in [-0.2, -0.15) is 0 Å². The minimum absolute atomic E-state index is 0.195. The Morgan fingerprint density at radius 3 is 2.92 bits per heavy atom. The summed E-state index contributed by atoms with van der Waals surface area (Å²) in [7, 11) is 0. The maximum Gasteiger partial charge on any atom is 0.223 e. The first-order chi connectivity index (χ1) is 12.7. The highest BCUT2D eigenvalue weighted by molar-refractivity contribution is 7.10. The van der Waals surface area contributed by atoms with Gasteiger partial charge in [-0.1, -0.05) is 0 Å². The highest BCUT2D eigenvalue weighted by Crippen LogP contribution is 2.28. The van der Waals surface area contributed by atoms with Gasteiger partial charge in [-0.3, -0.25) is 14.7 Å². The molecule has 1 aromatic rings. The van der Waals surface area contributed by atoms with Crippen LogP contribution in [0.5, 0.6) is 0 Å². The molecule has 144 valence electrons. The van der Waals surface area contributed by atoms with Crippen LogP contribution in [-0.4, -0.2) is 55.5 Å². The number of nitrogens with one attached hydrogen (secondary N) is 3. The molecule has 2 aliphatic rings. The van der Waals surface area contributed by atoms with Gasteiger partial charge in [-0.25, -0.2) is 0 Å². The fourth-order valence-electron chi connectivity index (χ4n) is 3.18. The number of guanidine groups is 1. The summed E-state index contributed by atoms with van der Waals surface area (Å²) in [6.45, 7) is 9.40. The van der Waals surface area contributed by atoms with Gasteiger partial charge in [0.15, 0.2) is 5.96 Å². The van der Waals surface area contributed by atoms with E-state index in [9.17, 15) is 4.79 Å². The predicted octanol–water partition coefficient (Wildman–Crippen LogP) is 1.58. The minimum atomic E-state index is 0.195. The van der Waals surface area contributed by atoms with Crippen molar-refractivity contribution in [3.05, 3.63) is 21.9 Å². The number of carbonyl (C=O) groups excluding carboxylic acids is 1. The summed E-state index contributed by atoms with van der Waals surface area (Å²) in [6, 6.07) is 2.66. The Hall–Kier alpha value is -1.60. The molecule has 1 fully saturated rings. The predicted molar refractivity (Wildman–Crippen MR) is 108 cm³/mol. The number of rotatable bonds is 8. The number of carbonyl (C=O) groups is 1. The summed E-state index contributed by atoms with van der Waals surface area (Å²) in [5.74, 6) is 1.29. The second-order valence-corrected chi connectivity index (χ2v) is 8.15. The van der Waals surface area contributed by atoms with Gasteiger partial charge in [-0.15, -0.1) is 11.3 Å². The second kappa shape index (κ2) is 9.37. The van der Waals surface area contributed by atoms with Crippen molar-refractivity contribution in [1.29, 1.82) is 0 Å². The summed E-state index contributed by atoms with van der Waals surface area (Å²) >= 11 is 1.88. The van der Waals surface area contributed by atoms with Gasteiger partial charge in [0.05, 0.1) is 6.54 Å². The second-order valence-electron chi connectivity index (χ2n) is 7.15. The highest BCUT2D eigenvalue weighted by Gasteiger charge is 2.29. The van der Waals surface area contributed by atoms with Crippen molar-refractivity contribution in [3.63, 3.8) is 0 Å². The molecule has 1 aliphatic carbocycles. The Morgan fingerprint density at radius 2 is 2.15 bits per heavy atom. The molecule has 6 nitrogen and oxygen atoms in total. The standard InChI is InChI=1S/C19H31N5OS/c1-3-20-19(22-9-8-21-18(25)15-4-5-15)23-12-14(2)24-10-6-17-16(13-24)7-11-26-17/h7,11,14-15H,3-6,8-10,12-13H2,1-2H3,(H,21,25)(H2,20,22,23). The van der Waals surface area contributed by atoms with Crippen molar-refractivity contribution in [2.75, 3.05) is 32.7 Å². The molecule has 7 heteroatoms. The lowest BCUT2D eigenvalue weighted by molar-refractivity contribution is -0.122. The quantitative estimate of drug-likeness (QED) is 0.365. The van der Waals surface area contributed by atoms with Crippen LogP contribution in [0.15, 0.2) is 16.4 Å². The molecule has 1 saturated carbocycles. The smallest absolute Gasteiger partial charge is 0.223 e. The van der Waals surface area contributed by atoms with Crippen LogP contribution >= 0.6 is 11.3 Å². The van der Waals surface area contributed by atoms with Gasteiger partial charge >= 0.3 is 0 Å². The molecule has 0 bridgehead atoms. The van der Waals surface area contributed by atoms with E-state index in [1.165, 1.54) is 5.56 Å². The maximum atomic E-state index is 11.6. The van der Waals surface area contributed by atoms with Crippen LogP contribution in [0.25, 0.3) is 0 Å². The Kier molecular flexibility index (Phi) is 6.91. The monoisotopic (exact) mass is 377 g/mol. The van der Waals surface area contributed by atoms with Crippen LogP contribution in [0.2, 0.25) is 0 Å². The average molecular weight is 378 g/mol. The normalized spacial score (nSPS) is 18.9. The zero-order chi connectivity index (χ0) is 18.4. The summed E-state index contributed by atoms with van der Waals surface area (Å²) in [5, 5.41) is 11.8. The van der Waals surface area contributed by atoms with Crippen LogP contribution < -0.4 is 16.0 Å². The number of thiophene rings is 1. The lowest BCUT2D eigenvalue weighted by atomic mass is 10.1. The van der Waals surface area contributed by atoms with Crippen LogP contribution in [0.3, 0.4) is 0 Å². The lowest BCUT2D eigenvalue weighted by Crippen LogP contribution is -2.43. The largest absolute Gasteiger partial charge is 0.357 e. The number of hydrogen-bond acceptors (Lipinski definition) is 4. The van der Waals surface area contributed by atoms with Gasteiger partial charge in [-0.05, 0) is 50.1 Å². The van der Waals surface area contributed by atoms with E-state index in [0.717, 1.165) is 51.4 Å². The summed E-state index contributed by atoms with van der Waals surface area (Å²) in [6.07, 6.45) is 3.25. The van der Waals surface area contributed by atoms with Crippen molar-refractivity contribution >= 4 is 23.2 Å². The molecule has 2 heterocycles. The van der Waals surface area contributed by atoms with E-state index in [1.54, 1.807) is 4.88 Å². The zero-order valence-corrected chi connectivity index (χ0v) is 16.7. The van der Waals surface area contributed by atoms with E-state index in [0.29, 0.717) is 19.1 Å². The fourth-order valence-corrected chi connectivity index (χ4v) is 4.07. The van der Waals surface area contributed by atoms with Crippen molar-refractivity contribution in [2.45, 2.75) is 45.7 Å².